The average molecular weight is 377 g/mol. The van der Waals surface area contributed by atoms with Gasteiger partial charge in [-0.15, -0.1) is 0 Å². The van der Waals surface area contributed by atoms with Crippen molar-refractivity contribution in [2.75, 3.05) is 32.8 Å². The van der Waals surface area contributed by atoms with Crippen molar-refractivity contribution in [2.24, 2.45) is 5.92 Å². The Morgan fingerprint density at radius 3 is 2.63 bits per heavy atom. The Morgan fingerprint density at radius 1 is 1.30 bits per heavy atom. The lowest BCUT2D eigenvalue weighted by molar-refractivity contribution is -0.203. The molecule has 1 aromatic heterocycles. The maximum Gasteiger partial charge on any atom is 0.239 e. The van der Waals surface area contributed by atoms with E-state index in [2.05, 4.69) is 20.3 Å². The molecule has 27 heavy (non-hydrogen) atoms. The molecular weight excluding hydrogens is 344 g/mol. The van der Waals surface area contributed by atoms with Crippen LogP contribution < -0.4 is 5.32 Å². The summed E-state index contributed by atoms with van der Waals surface area (Å²) in [6, 6.07) is 0.000595. The molecule has 2 aliphatic heterocycles. The third-order valence-electron chi connectivity index (χ3n) is 5.99. The van der Waals surface area contributed by atoms with Crippen LogP contribution in [0.25, 0.3) is 0 Å². The Balaban J connectivity index is 1.37. The van der Waals surface area contributed by atoms with Gasteiger partial charge in [-0.2, -0.15) is 0 Å². The van der Waals surface area contributed by atoms with Crippen molar-refractivity contribution < 1.29 is 14.1 Å². The highest BCUT2D eigenvalue weighted by Gasteiger charge is 2.51. The van der Waals surface area contributed by atoms with Crippen LogP contribution >= 0.6 is 0 Å². The molecule has 3 heterocycles. The largest absolute Gasteiger partial charge is 0.369 e. The van der Waals surface area contributed by atoms with Gasteiger partial charge in [0.2, 0.25) is 5.91 Å². The summed E-state index contributed by atoms with van der Waals surface area (Å²) < 4.78 is 11.6. The minimum Gasteiger partial charge on any atom is -0.369 e. The van der Waals surface area contributed by atoms with Crippen LogP contribution in [0.4, 0.5) is 0 Å². The number of morpholine rings is 1. The smallest absolute Gasteiger partial charge is 0.239 e. The van der Waals surface area contributed by atoms with Crippen molar-refractivity contribution in [2.45, 2.75) is 64.8 Å². The molecule has 3 fully saturated rings. The Hall–Kier alpha value is -1.44. The van der Waals surface area contributed by atoms with E-state index in [1.165, 1.54) is 18.4 Å². The van der Waals surface area contributed by atoms with Crippen LogP contribution in [0.2, 0.25) is 0 Å². The van der Waals surface area contributed by atoms with Gasteiger partial charge < -0.3 is 14.6 Å². The first kappa shape index (κ1) is 18.9. The van der Waals surface area contributed by atoms with Crippen LogP contribution in [0.1, 0.15) is 43.7 Å². The molecule has 1 atom stereocenters. The second-order valence-corrected chi connectivity index (χ2v) is 8.99. The van der Waals surface area contributed by atoms with Crippen molar-refractivity contribution in [3.8, 4) is 0 Å². The standard InChI is InChI=1S/C20H32N4O3/c1-13(2)21-19(25)18-9-26-20(12-24(18)7-16-5-6-16)10-23(11-20)8-17-14(3)22-27-15(17)4/h13,16,18H,5-12H2,1-4H3,(H,21,25). The van der Waals surface area contributed by atoms with Gasteiger partial charge in [0, 0.05) is 44.3 Å². The van der Waals surface area contributed by atoms with E-state index in [-0.39, 0.29) is 23.6 Å². The monoisotopic (exact) mass is 376 g/mol. The number of rotatable bonds is 6. The summed E-state index contributed by atoms with van der Waals surface area (Å²) in [6.07, 6.45) is 2.59. The zero-order valence-corrected chi connectivity index (χ0v) is 17.0. The fourth-order valence-electron chi connectivity index (χ4n) is 4.36. The van der Waals surface area contributed by atoms with Crippen molar-refractivity contribution >= 4 is 5.91 Å². The lowest BCUT2D eigenvalue weighted by Gasteiger charge is -2.55. The van der Waals surface area contributed by atoms with Crippen molar-refractivity contribution in [1.29, 1.82) is 0 Å². The van der Waals surface area contributed by atoms with E-state index in [4.69, 9.17) is 9.26 Å². The number of carbonyl (C=O) groups excluding carboxylic acids is 1. The highest BCUT2D eigenvalue weighted by molar-refractivity contribution is 5.82. The average Bonchev–Trinajstić information content (AvgIpc) is 3.33. The molecule has 0 bridgehead atoms. The molecule has 4 rings (SSSR count). The molecule has 1 N–H and O–H groups in total. The van der Waals surface area contributed by atoms with Crippen molar-refractivity contribution in [3.63, 3.8) is 0 Å². The van der Waals surface area contributed by atoms with Crippen LogP contribution in [0.5, 0.6) is 0 Å². The Labute approximate surface area is 161 Å². The number of nitrogens with one attached hydrogen (secondary N) is 1. The maximum absolute atomic E-state index is 12.6. The molecule has 1 unspecified atom stereocenters. The van der Waals surface area contributed by atoms with E-state index < -0.39 is 0 Å². The molecule has 150 valence electrons. The Morgan fingerprint density at radius 2 is 2.04 bits per heavy atom. The summed E-state index contributed by atoms with van der Waals surface area (Å²) in [7, 11) is 0. The molecule has 7 heteroatoms. The van der Waals surface area contributed by atoms with E-state index >= 15 is 0 Å². The molecule has 1 aliphatic carbocycles. The number of carbonyl (C=O) groups is 1. The van der Waals surface area contributed by atoms with Gasteiger partial charge in [0.25, 0.3) is 0 Å². The van der Waals surface area contributed by atoms with Crippen LogP contribution in [0.15, 0.2) is 4.52 Å². The van der Waals surface area contributed by atoms with Gasteiger partial charge in [0.15, 0.2) is 0 Å². The summed E-state index contributed by atoms with van der Waals surface area (Å²) >= 11 is 0. The SMILES string of the molecule is Cc1noc(C)c1CN1CC2(C1)CN(CC1CC1)C(C(=O)NC(C)C)CO2. The van der Waals surface area contributed by atoms with Crippen LogP contribution in [-0.4, -0.2) is 71.3 Å². The number of hydrogen-bond acceptors (Lipinski definition) is 6. The first-order chi connectivity index (χ1) is 12.8. The number of ether oxygens (including phenoxy) is 1. The lowest BCUT2D eigenvalue weighted by atomic mass is 9.89. The molecule has 0 radical (unpaired) electrons. The van der Waals surface area contributed by atoms with E-state index in [0.29, 0.717) is 6.61 Å². The molecule has 2 saturated heterocycles. The number of aryl methyl sites for hydroxylation is 2. The second kappa shape index (κ2) is 7.18. The predicted molar refractivity (Wildman–Crippen MR) is 101 cm³/mol. The highest BCUT2D eigenvalue weighted by Crippen LogP contribution is 2.36. The third kappa shape index (κ3) is 4.05. The first-order valence-corrected chi connectivity index (χ1v) is 10.2. The lowest BCUT2D eigenvalue weighted by Crippen LogP contribution is -2.72. The molecule has 1 saturated carbocycles. The Bertz CT molecular complexity index is 672. The van der Waals surface area contributed by atoms with E-state index in [1.807, 2.05) is 27.7 Å². The number of hydrogen-bond donors (Lipinski definition) is 1. The molecule has 1 aromatic rings. The number of nitrogens with zero attached hydrogens (tertiary/aromatic N) is 3. The third-order valence-corrected chi connectivity index (χ3v) is 5.99. The maximum atomic E-state index is 12.6. The second-order valence-electron chi connectivity index (χ2n) is 8.99. The van der Waals surface area contributed by atoms with Gasteiger partial charge in [0.05, 0.1) is 12.3 Å². The van der Waals surface area contributed by atoms with Gasteiger partial charge in [-0.25, -0.2) is 0 Å². The fourth-order valence-corrected chi connectivity index (χ4v) is 4.36. The topological polar surface area (TPSA) is 70.8 Å². The summed E-state index contributed by atoms with van der Waals surface area (Å²) in [5, 5.41) is 7.11. The van der Waals surface area contributed by atoms with E-state index in [9.17, 15) is 4.79 Å². The zero-order chi connectivity index (χ0) is 19.2. The van der Waals surface area contributed by atoms with Gasteiger partial charge in [-0.1, -0.05) is 5.16 Å². The van der Waals surface area contributed by atoms with E-state index in [1.54, 1.807) is 0 Å². The minimum atomic E-state index is -0.157. The summed E-state index contributed by atoms with van der Waals surface area (Å²) in [5.74, 6) is 1.76. The normalized spacial score (nSPS) is 25.7. The molecular formula is C20H32N4O3. The molecule has 1 amide bonds. The quantitative estimate of drug-likeness (QED) is 0.811. The highest BCUT2D eigenvalue weighted by atomic mass is 16.5. The molecule has 1 spiro atoms. The summed E-state index contributed by atoms with van der Waals surface area (Å²) in [6.45, 7) is 13.0. The predicted octanol–water partition coefficient (Wildman–Crippen LogP) is 1.48. The molecule has 0 aromatic carbocycles. The first-order valence-electron chi connectivity index (χ1n) is 10.2. The molecule has 3 aliphatic rings. The van der Waals surface area contributed by atoms with Gasteiger partial charge in [0.1, 0.15) is 17.4 Å². The zero-order valence-electron chi connectivity index (χ0n) is 17.0. The summed E-state index contributed by atoms with van der Waals surface area (Å²) in [5.41, 5.74) is 2.02. The fraction of sp³-hybridized carbons (Fsp3) is 0.800. The van der Waals surface area contributed by atoms with Gasteiger partial charge >= 0.3 is 0 Å². The van der Waals surface area contributed by atoms with Crippen LogP contribution in [-0.2, 0) is 16.1 Å². The van der Waals surface area contributed by atoms with Gasteiger partial charge in [-0.05, 0) is 46.5 Å². The van der Waals surface area contributed by atoms with Crippen LogP contribution in [0.3, 0.4) is 0 Å². The number of likely N-dealkylation sites (tertiary alicyclic amines) is 1. The summed E-state index contributed by atoms with van der Waals surface area (Å²) in [4.78, 5) is 17.4. The number of amides is 1. The van der Waals surface area contributed by atoms with Crippen molar-refractivity contribution in [1.82, 2.24) is 20.3 Å². The van der Waals surface area contributed by atoms with Crippen LogP contribution in [0, 0.1) is 19.8 Å². The molecule has 7 nitrogen and oxygen atoms in total. The number of aromatic nitrogens is 1. The Kier molecular flexibility index (Phi) is 5.03. The van der Waals surface area contributed by atoms with Crippen molar-refractivity contribution in [3.05, 3.63) is 17.0 Å². The minimum absolute atomic E-state index is 0.104. The van der Waals surface area contributed by atoms with Gasteiger partial charge in [-0.3, -0.25) is 14.6 Å². The van der Waals surface area contributed by atoms with E-state index in [0.717, 1.165) is 50.1 Å².